The van der Waals surface area contributed by atoms with E-state index in [1.54, 1.807) is 0 Å². The van der Waals surface area contributed by atoms with E-state index in [4.69, 9.17) is 4.74 Å². The third-order valence-electron chi connectivity index (χ3n) is 1.92. The maximum atomic E-state index is 11.0. The van der Waals surface area contributed by atoms with Crippen LogP contribution in [0.5, 0.6) is 0 Å². The second kappa shape index (κ2) is 3.86. The zero-order chi connectivity index (χ0) is 8.27. The molecule has 0 aromatic heterocycles. The van der Waals surface area contributed by atoms with Crippen molar-refractivity contribution >= 4 is 5.78 Å². The van der Waals surface area contributed by atoms with E-state index >= 15 is 0 Å². The minimum atomic E-state index is 0.205. The fourth-order valence-electron chi connectivity index (χ4n) is 1.43. The second-order valence-electron chi connectivity index (χ2n) is 3.62. The van der Waals surface area contributed by atoms with Crippen molar-refractivity contribution in [1.82, 2.24) is 0 Å². The summed E-state index contributed by atoms with van der Waals surface area (Å²) in [6, 6.07) is 0. The molecule has 0 amide bonds. The zero-order valence-corrected chi connectivity index (χ0v) is 7.30. The van der Waals surface area contributed by atoms with Gasteiger partial charge in [-0.05, 0) is 12.3 Å². The van der Waals surface area contributed by atoms with Gasteiger partial charge in [-0.1, -0.05) is 13.8 Å². The SMILES string of the molecule is CC(C)C[C@@H]1CC(=O)CCO1. The normalized spacial score (nSPS) is 26.1. The first-order valence-electron chi connectivity index (χ1n) is 4.32. The van der Waals surface area contributed by atoms with Crippen LogP contribution >= 0.6 is 0 Å². The molecule has 0 bridgehead atoms. The molecule has 0 radical (unpaired) electrons. The van der Waals surface area contributed by atoms with Crippen LogP contribution < -0.4 is 0 Å². The lowest BCUT2D eigenvalue weighted by molar-refractivity contribution is -0.129. The largest absolute Gasteiger partial charge is 0.377 e. The van der Waals surface area contributed by atoms with Gasteiger partial charge in [0.05, 0.1) is 12.7 Å². The first-order chi connectivity index (χ1) is 5.18. The standard InChI is InChI=1S/C9H16O2/c1-7(2)5-9-6-8(10)3-4-11-9/h7,9H,3-6H2,1-2H3/t9-/m1/s1. The van der Waals surface area contributed by atoms with Gasteiger partial charge in [-0.2, -0.15) is 0 Å². The number of ether oxygens (including phenoxy) is 1. The van der Waals surface area contributed by atoms with E-state index in [0.717, 1.165) is 6.42 Å². The van der Waals surface area contributed by atoms with Gasteiger partial charge in [0.2, 0.25) is 0 Å². The molecule has 0 aromatic rings. The molecule has 0 spiro atoms. The Bertz CT molecular complexity index is 140. The van der Waals surface area contributed by atoms with Crippen molar-refractivity contribution in [1.29, 1.82) is 0 Å². The smallest absolute Gasteiger partial charge is 0.137 e. The zero-order valence-electron chi connectivity index (χ0n) is 7.30. The molecule has 64 valence electrons. The van der Waals surface area contributed by atoms with Crippen molar-refractivity contribution in [2.45, 2.75) is 39.2 Å². The number of Topliss-reactive ketones (excluding diaryl/α,β-unsaturated/α-hetero) is 1. The first-order valence-corrected chi connectivity index (χ1v) is 4.32. The summed E-state index contributed by atoms with van der Waals surface area (Å²) in [5, 5.41) is 0. The van der Waals surface area contributed by atoms with E-state index < -0.39 is 0 Å². The lowest BCUT2D eigenvalue weighted by atomic mass is 9.99. The Morgan fingerprint density at radius 1 is 1.64 bits per heavy atom. The molecular weight excluding hydrogens is 140 g/mol. The molecule has 0 aliphatic carbocycles. The summed E-state index contributed by atoms with van der Waals surface area (Å²) in [4.78, 5) is 11.0. The highest BCUT2D eigenvalue weighted by Gasteiger charge is 2.20. The first kappa shape index (κ1) is 8.72. The topological polar surface area (TPSA) is 26.3 Å². The van der Waals surface area contributed by atoms with E-state index in [0.29, 0.717) is 31.1 Å². The Hall–Kier alpha value is -0.370. The van der Waals surface area contributed by atoms with Crippen LogP contribution in [0.2, 0.25) is 0 Å². The Labute approximate surface area is 67.9 Å². The van der Waals surface area contributed by atoms with Gasteiger partial charge in [-0.3, -0.25) is 4.79 Å². The molecule has 1 saturated heterocycles. The van der Waals surface area contributed by atoms with Crippen LogP contribution in [-0.4, -0.2) is 18.5 Å². The van der Waals surface area contributed by atoms with E-state index in [2.05, 4.69) is 13.8 Å². The van der Waals surface area contributed by atoms with Crippen molar-refractivity contribution in [3.8, 4) is 0 Å². The van der Waals surface area contributed by atoms with Crippen molar-refractivity contribution in [2.75, 3.05) is 6.61 Å². The summed E-state index contributed by atoms with van der Waals surface area (Å²) in [6.45, 7) is 4.95. The Balaban J connectivity index is 2.28. The summed E-state index contributed by atoms with van der Waals surface area (Å²) in [6.07, 6.45) is 2.48. The number of carbonyl (C=O) groups is 1. The number of rotatable bonds is 2. The van der Waals surface area contributed by atoms with Gasteiger partial charge in [0.1, 0.15) is 5.78 Å². The summed E-state index contributed by atoms with van der Waals surface area (Å²) in [5.74, 6) is 0.993. The molecule has 0 unspecified atom stereocenters. The molecule has 0 saturated carbocycles. The van der Waals surface area contributed by atoms with Gasteiger partial charge in [0.25, 0.3) is 0 Å². The summed E-state index contributed by atoms with van der Waals surface area (Å²) in [5.41, 5.74) is 0. The highest BCUT2D eigenvalue weighted by Crippen LogP contribution is 2.16. The molecule has 0 N–H and O–H groups in total. The third-order valence-corrected chi connectivity index (χ3v) is 1.92. The fraction of sp³-hybridized carbons (Fsp3) is 0.889. The molecule has 1 aliphatic heterocycles. The maximum absolute atomic E-state index is 11.0. The number of hydrogen-bond donors (Lipinski definition) is 0. The summed E-state index contributed by atoms with van der Waals surface area (Å²) in [7, 11) is 0. The van der Waals surface area contributed by atoms with Crippen molar-refractivity contribution in [3.05, 3.63) is 0 Å². The Morgan fingerprint density at radius 3 is 2.91 bits per heavy atom. The molecule has 2 nitrogen and oxygen atoms in total. The Kier molecular flexibility index (Phi) is 3.06. The van der Waals surface area contributed by atoms with E-state index in [1.165, 1.54) is 0 Å². The minimum Gasteiger partial charge on any atom is -0.377 e. The number of carbonyl (C=O) groups excluding carboxylic acids is 1. The minimum absolute atomic E-state index is 0.205. The van der Waals surface area contributed by atoms with Gasteiger partial charge in [0, 0.05) is 12.8 Å². The third kappa shape index (κ3) is 3.02. The van der Waals surface area contributed by atoms with Crippen molar-refractivity contribution in [3.63, 3.8) is 0 Å². The molecule has 1 heterocycles. The van der Waals surface area contributed by atoms with Crippen molar-refractivity contribution in [2.24, 2.45) is 5.92 Å². The quantitative estimate of drug-likeness (QED) is 0.609. The molecule has 11 heavy (non-hydrogen) atoms. The van der Waals surface area contributed by atoms with Gasteiger partial charge in [-0.25, -0.2) is 0 Å². The molecule has 1 rings (SSSR count). The predicted octanol–water partition coefficient (Wildman–Crippen LogP) is 1.78. The molecule has 1 atom stereocenters. The number of ketones is 1. The second-order valence-corrected chi connectivity index (χ2v) is 3.62. The average Bonchev–Trinajstić information content (AvgIpc) is 1.85. The lowest BCUT2D eigenvalue weighted by Crippen LogP contribution is -2.26. The Morgan fingerprint density at radius 2 is 2.36 bits per heavy atom. The molecule has 1 aliphatic rings. The summed E-state index contributed by atoms with van der Waals surface area (Å²) >= 11 is 0. The maximum Gasteiger partial charge on any atom is 0.137 e. The number of hydrogen-bond acceptors (Lipinski definition) is 2. The van der Waals surface area contributed by atoms with Crippen LogP contribution in [0, 0.1) is 5.92 Å². The van der Waals surface area contributed by atoms with E-state index in [1.807, 2.05) is 0 Å². The van der Waals surface area contributed by atoms with Gasteiger partial charge < -0.3 is 4.74 Å². The van der Waals surface area contributed by atoms with Crippen LogP contribution in [0.15, 0.2) is 0 Å². The fourth-order valence-corrected chi connectivity index (χ4v) is 1.43. The van der Waals surface area contributed by atoms with E-state index in [9.17, 15) is 4.79 Å². The van der Waals surface area contributed by atoms with Crippen LogP contribution in [0.4, 0.5) is 0 Å². The highest BCUT2D eigenvalue weighted by molar-refractivity contribution is 5.79. The van der Waals surface area contributed by atoms with Gasteiger partial charge in [-0.15, -0.1) is 0 Å². The van der Waals surface area contributed by atoms with Gasteiger partial charge >= 0.3 is 0 Å². The van der Waals surface area contributed by atoms with Crippen LogP contribution in [-0.2, 0) is 9.53 Å². The predicted molar refractivity (Wildman–Crippen MR) is 43.4 cm³/mol. The molecule has 2 heteroatoms. The van der Waals surface area contributed by atoms with Gasteiger partial charge in [0.15, 0.2) is 0 Å². The van der Waals surface area contributed by atoms with Crippen molar-refractivity contribution < 1.29 is 9.53 Å². The summed E-state index contributed by atoms with van der Waals surface area (Å²) < 4.78 is 5.44. The van der Waals surface area contributed by atoms with Crippen LogP contribution in [0.1, 0.15) is 33.1 Å². The van der Waals surface area contributed by atoms with Crippen LogP contribution in [0.25, 0.3) is 0 Å². The molecular formula is C9H16O2. The molecule has 1 fully saturated rings. The average molecular weight is 156 g/mol. The monoisotopic (exact) mass is 156 g/mol. The lowest BCUT2D eigenvalue weighted by Gasteiger charge is -2.22. The molecule has 0 aromatic carbocycles. The van der Waals surface area contributed by atoms with Crippen LogP contribution in [0.3, 0.4) is 0 Å². The van der Waals surface area contributed by atoms with E-state index in [-0.39, 0.29) is 6.10 Å². The highest BCUT2D eigenvalue weighted by atomic mass is 16.5.